The second kappa shape index (κ2) is 4.31. The number of fused-ring (bicyclic) bond motifs is 12. The van der Waals surface area contributed by atoms with Crippen LogP contribution in [0.25, 0.3) is 0 Å². The Labute approximate surface area is 154 Å². The molecule has 6 aliphatic carbocycles. The first-order valence-corrected chi connectivity index (χ1v) is 11.0. The van der Waals surface area contributed by atoms with E-state index in [2.05, 4.69) is 13.0 Å². The molecule has 6 unspecified atom stereocenters. The van der Waals surface area contributed by atoms with Crippen molar-refractivity contribution in [3.8, 4) is 0 Å². The van der Waals surface area contributed by atoms with Crippen molar-refractivity contribution in [2.75, 3.05) is 0 Å². The van der Waals surface area contributed by atoms with Gasteiger partial charge in [0.25, 0.3) is 0 Å². The number of carbonyl (C=O) groups is 2. The Bertz CT molecular complexity index is 782. The second-order valence-electron chi connectivity index (χ2n) is 10.9. The summed E-state index contributed by atoms with van der Waals surface area (Å²) in [5.41, 5.74) is 1.64. The first kappa shape index (κ1) is 14.9. The maximum absolute atomic E-state index is 12.1. The van der Waals surface area contributed by atoms with Crippen LogP contribution in [0.2, 0.25) is 0 Å². The highest BCUT2D eigenvalue weighted by atomic mass is 16.6. The summed E-state index contributed by atoms with van der Waals surface area (Å²) < 4.78 is 6.19. The van der Waals surface area contributed by atoms with Crippen molar-refractivity contribution >= 4 is 11.8 Å². The van der Waals surface area contributed by atoms with Gasteiger partial charge in [-0.25, -0.2) is 0 Å². The minimum Gasteiger partial charge on any atom is -0.458 e. The first-order chi connectivity index (χ1) is 12.5. The van der Waals surface area contributed by atoms with E-state index in [1.165, 1.54) is 25.7 Å². The van der Waals surface area contributed by atoms with Gasteiger partial charge in [0, 0.05) is 24.2 Å². The molecule has 5 saturated carbocycles. The lowest BCUT2D eigenvalue weighted by molar-refractivity contribution is -0.174. The number of ether oxygens (including phenoxy) is 1. The number of ketones is 1. The average molecular weight is 352 g/mol. The zero-order chi connectivity index (χ0) is 17.4. The van der Waals surface area contributed by atoms with Crippen LogP contribution < -0.4 is 0 Å². The molecule has 0 aromatic heterocycles. The monoisotopic (exact) mass is 352 g/mol. The predicted molar refractivity (Wildman–Crippen MR) is 94.9 cm³/mol. The van der Waals surface area contributed by atoms with Crippen LogP contribution in [0, 0.1) is 52.8 Å². The highest BCUT2D eigenvalue weighted by molar-refractivity contribution is 5.91. The Kier molecular flexibility index (Phi) is 2.46. The van der Waals surface area contributed by atoms with Gasteiger partial charge in [0.15, 0.2) is 5.78 Å². The molecule has 0 aromatic rings. The molecular formula is C23H28O3. The van der Waals surface area contributed by atoms with Gasteiger partial charge in [-0.05, 0) is 86.0 Å². The number of rotatable bonds is 0. The maximum atomic E-state index is 12.1. The topological polar surface area (TPSA) is 43.4 Å². The minimum absolute atomic E-state index is 0.0589. The summed E-state index contributed by atoms with van der Waals surface area (Å²) in [5, 5.41) is 0. The van der Waals surface area contributed by atoms with Crippen LogP contribution in [0.4, 0.5) is 0 Å². The van der Waals surface area contributed by atoms with Gasteiger partial charge in [-0.3, -0.25) is 9.59 Å². The normalized spacial score (nSPS) is 61.0. The van der Waals surface area contributed by atoms with Gasteiger partial charge < -0.3 is 4.74 Å². The van der Waals surface area contributed by atoms with Gasteiger partial charge in [-0.2, -0.15) is 0 Å². The quantitative estimate of drug-likeness (QED) is 0.621. The first-order valence-electron chi connectivity index (χ1n) is 11.0. The van der Waals surface area contributed by atoms with Crippen molar-refractivity contribution in [1.82, 2.24) is 0 Å². The lowest BCUT2D eigenvalue weighted by Gasteiger charge is -2.57. The summed E-state index contributed by atoms with van der Waals surface area (Å²) >= 11 is 0. The number of carbonyl (C=O) groups excluding carboxylic acids is 2. The van der Waals surface area contributed by atoms with Crippen molar-refractivity contribution in [3.63, 3.8) is 0 Å². The Morgan fingerprint density at radius 2 is 1.88 bits per heavy atom. The van der Waals surface area contributed by atoms with Gasteiger partial charge in [0.05, 0.1) is 0 Å². The van der Waals surface area contributed by atoms with E-state index in [4.69, 9.17) is 4.74 Å². The standard InChI is InChI=1S/C23H28O3/c1-22-6-4-13-12-3-2-11(24)8-14(12)15-9-16(15)20(13)21(22)17-10-18(17)23(22)7-5-19(25)26-23/h8,12-13,15-18,20-21H,2-7,9-10H2,1H3/t12?,13?,15?,16-,17+,18-,20?,21?,22+,23?/m1/s1. The summed E-state index contributed by atoms with van der Waals surface area (Å²) in [6.45, 7) is 2.49. The molecule has 7 aliphatic rings. The lowest BCUT2D eigenvalue weighted by atomic mass is 9.49. The van der Waals surface area contributed by atoms with Crippen molar-refractivity contribution in [2.45, 2.75) is 63.9 Å². The molecule has 0 N–H and O–H groups in total. The summed E-state index contributed by atoms with van der Waals surface area (Å²) in [6, 6.07) is 0. The Morgan fingerprint density at radius 3 is 2.69 bits per heavy atom. The van der Waals surface area contributed by atoms with Crippen LogP contribution in [0.1, 0.15) is 58.3 Å². The second-order valence-corrected chi connectivity index (χ2v) is 10.9. The van der Waals surface area contributed by atoms with Gasteiger partial charge in [-0.15, -0.1) is 0 Å². The summed E-state index contributed by atoms with van der Waals surface area (Å²) in [7, 11) is 0. The molecule has 1 aliphatic heterocycles. The minimum atomic E-state index is -0.118. The van der Waals surface area contributed by atoms with Gasteiger partial charge in [0.2, 0.25) is 0 Å². The molecule has 1 spiro atoms. The fourth-order valence-electron chi connectivity index (χ4n) is 9.35. The van der Waals surface area contributed by atoms with E-state index in [1.807, 2.05) is 0 Å². The number of hydrogen-bond donors (Lipinski definition) is 0. The third kappa shape index (κ3) is 1.49. The van der Waals surface area contributed by atoms with E-state index in [1.54, 1.807) is 5.57 Å². The highest BCUT2D eigenvalue weighted by Gasteiger charge is 2.80. The Hall–Kier alpha value is -1.12. The molecule has 7 rings (SSSR count). The van der Waals surface area contributed by atoms with Crippen LogP contribution >= 0.6 is 0 Å². The van der Waals surface area contributed by atoms with E-state index in [9.17, 15) is 9.59 Å². The molecule has 0 aromatic carbocycles. The van der Waals surface area contributed by atoms with Crippen molar-refractivity contribution in [2.24, 2.45) is 52.8 Å². The molecule has 10 atom stereocenters. The van der Waals surface area contributed by atoms with Gasteiger partial charge in [-0.1, -0.05) is 12.5 Å². The molecule has 0 amide bonds. The molecule has 3 heteroatoms. The number of allylic oxidation sites excluding steroid dienone is 1. The third-order valence-electron chi connectivity index (χ3n) is 10.2. The van der Waals surface area contributed by atoms with E-state index in [0.717, 1.165) is 48.9 Å². The largest absolute Gasteiger partial charge is 0.458 e. The van der Waals surface area contributed by atoms with E-state index >= 15 is 0 Å². The Morgan fingerprint density at radius 1 is 1.00 bits per heavy atom. The predicted octanol–water partition coefficient (Wildman–Crippen LogP) is 3.92. The van der Waals surface area contributed by atoms with E-state index in [0.29, 0.717) is 30.0 Å². The van der Waals surface area contributed by atoms with Crippen LogP contribution in [0.15, 0.2) is 11.6 Å². The van der Waals surface area contributed by atoms with Crippen LogP contribution in [0.3, 0.4) is 0 Å². The lowest BCUT2D eigenvalue weighted by Crippen LogP contribution is -2.55. The zero-order valence-corrected chi connectivity index (χ0v) is 15.6. The van der Waals surface area contributed by atoms with Crippen molar-refractivity contribution in [1.29, 1.82) is 0 Å². The van der Waals surface area contributed by atoms with Crippen LogP contribution in [-0.4, -0.2) is 17.4 Å². The fraction of sp³-hybridized carbons (Fsp3) is 0.826. The summed E-state index contributed by atoms with van der Waals surface area (Å²) in [4.78, 5) is 24.1. The summed E-state index contributed by atoms with van der Waals surface area (Å²) in [6.07, 6.45) is 10.7. The maximum Gasteiger partial charge on any atom is 0.306 e. The molecule has 138 valence electrons. The van der Waals surface area contributed by atoms with Crippen molar-refractivity contribution in [3.05, 3.63) is 11.6 Å². The number of esters is 1. The molecule has 1 heterocycles. The molecule has 6 fully saturated rings. The van der Waals surface area contributed by atoms with E-state index in [-0.39, 0.29) is 17.0 Å². The smallest absolute Gasteiger partial charge is 0.306 e. The number of hydrogen-bond acceptors (Lipinski definition) is 3. The van der Waals surface area contributed by atoms with Crippen molar-refractivity contribution < 1.29 is 14.3 Å². The zero-order valence-electron chi connectivity index (χ0n) is 15.6. The van der Waals surface area contributed by atoms with Crippen LogP contribution in [-0.2, 0) is 14.3 Å². The molecular weight excluding hydrogens is 324 g/mol. The molecule has 0 radical (unpaired) electrons. The fourth-order valence-corrected chi connectivity index (χ4v) is 9.35. The Balaban J connectivity index is 1.31. The van der Waals surface area contributed by atoms with E-state index < -0.39 is 0 Å². The van der Waals surface area contributed by atoms with Crippen LogP contribution in [0.5, 0.6) is 0 Å². The van der Waals surface area contributed by atoms with Gasteiger partial charge in [0.1, 0.15) is 5.60 Å². The average Bonchev–Trinajstić information content (AvgIpc) is 3.51. The molecule has 0 bridgehead atoms. The SMILES string of the molecule is C[C@]12CCC3C4CCC(=O)C=C4C4C[C@H]4C3C1[C@H]1C[C@H]1C21CCC(=O)O1. The molecule has 3 nitrogen and oxygen atoms in total. The third-order valence-corrected chi connectivity index (χ3v) is 10.2. The summed E-state index contributed by atoms with van der Waals surface area (Å²) in [5.74, 6) is 6.54. The molecule has 1 saturated heterocycles. The highest BCUT2D eigenvalue weighted by Crippen LogP contribution is 2.81. The molecule has 26 heavy (non-hydrogen) atoms. The van der Waals surface area contributed by atoms with Gasteiger partial charge >= 0.3 is 5.97 Å².